The Morgan fingerprint density at radius 2 is 1.82 bits per heavy atom. The second-order valence-corrected chi connectivity index (χ2v) is 6.60. The van der Waals surface area contributed by atoms with Gasteiger partial charge in [0.15, 0.2) is 0 Å². The van der Waals surface area contributed by atoms with Crippen LogP contribution in [0.1, 0.15) is 17.5 Å². The lowest BCUT2D eigenvalue weighted by Gasteiger charge is -2.23. The minimum absolute atomic E-state index is 0.00736. The highest BCUT2D eigenvalue weighted by Gasteiger charge is 2.31. The molecule has 1 fully saturated rings. The van der Waals surface area contributed by atoms with Crippen LogP contribution < -0.4 is 4.90 Å². The number of carbonyl (C=O) groups excluding carboxylic acids is 1. The number of hydrogen-bond donors (Lipinski definition) is 0. The van der Waals surface area contributed by atoms with Crippen molar-refractivity contribution in [3.05, 3.63) is 59.8 Å². The van der Waals surface area contributed by atoms with Crippen molar-refractivity contribution in [3.63, 3.8) is 0 Å². The summed E-state index contributed by atoms with van der Waals surface area (Å²) in [6.07, 6.45) is -2.83. The zero-order valence-corrected chi connectivity index (χ0v) is 15.4. The zero-order valence-electron chi connectivity index (χ0n) is 15.4. The summed E-state index contributed by atoms with van der Waals surface area (Å²) in [7, 11) is 0. The number of carbonyl (C=O) groups is 1. The summed E-state index contributed by atoms with van der Waals surface area (Å²) in [6, 6.07) is 12.0. The summed E-state index contributed by atoms with van der Waals surface area (Å²) in [5.74, 6) is 0.404. The number of nitrogens with zero attached hydrogens (tertiary/aromatic N) is 3. The third kappa shape index (κ3) is 5.45. The van der Waals surface area contributed by atoms with E-state index in [1.165, 1.54) is 6.07 Å². The van der Waals surface area contributed by atoms with Gasteiger partial charge in [-0.1, -0.05) is 30.3 Å². The average Bonchev–Trinajstić information content (AvgIpc) is 2.94. The number of ether oxygens (including phenoxy) is 1. The highest BCUT2D eigenvalue weighted by Crippen LogP contribution is 2.29. The Balaban J connectivity index is 1.49. The maximum Gasteiger partial charge on any atom is 0.417 e. The highest BCUT2D eigenvalue weighted by atomic mass is 19.4. The number of halogens is 3. The number of pyridine rings is 1. The van der Waals surface area contributed by atoms with Gasteiger partial charge in [-0.3, -0.25) is 4.79 Å². The average molecular weight is 393 g/mol. The third-order valence-corrected chi connectivity index (χ3v) is 4.58. The van der Waals surface area contributed by atoms with E-state index in [2.05, 4.69) is 4.98 Å². The summed E-state index contributed by atoms with van der Waals surface area (Å²) in [4.78, 5) is 20.0. The molecule has 0 spiro atoms. The second kappa shape index (κ2) is 9.05. The summed E-state index contributed by atoms with van der Waals surface area (Å²) < 4.78 is 43.5. The van der Waals surface area contributed by atoms with E-state index in [1.54, 1.807) is 4.90 Å². The molecule has 5 nitrogen and oxygen atoms in total. The molecule has 8 heteroatoms. The minimum Gasteiger partial charge on any atom is -0.367 e. The monoisotopic (exact) mass is 393 g/mol. The molecule has 28 heavy (non-hydrogen) atoms. The Hall–Kier alpha value is -2.61. The lowest BCUT2D eigenvalue weighted by atomic mass is 10.2. The van der Waals surface area contributed by atoms with Gasteiger partial charge in [-0.25, -0.2) is 4.98 Å². The second-order valence-electron chi connectivity index (χ2n) is 6.60. The van der Waals surface area contributed by atoms with Crippen molar-refractivity contribution in [1.29, 1.82) is 0 Å². The number of rotatable bonds is 5. The van der Waals surface area contributed by atoms with Crippen molar-refractivity contribution >= 4 is 11.7 Å². The molecule has 0 saturated carbocycles. The zero-order chi connectivity index (χ0) is 20.0. The molecule has 1 aliphatic rings. The number of alkyl halides is 3. The van der Waals surface area contributed by atoms with Crippen LogP contribution in [-0.2, 0) is 22.3 Å². The van der Waals surface area contributed by atoms with E-state index in [0.717, 1.165) is 17.8 Å². The fourth-order valence-electron chi connectivity index (χ4n) is 3.06. The number of anilines is 1. The molecule has 1 aromatic heterocycles. The van der Waals surface area contributed by atoms with Gasteiger partial charge in [-0.15, -0.1) is 0 Å². The van der Waals surface area contributed by atoms with Crippen molar-refractivity contribution in [2.45, 2.75) is 19.2 Å². The van der Waals surface area contributed by atoms with Crippen molar-refractivity contribution < 1.29 is 22.7 Å². The van der Waals surface area contributed by atoms with E-state index in [1.807, 2.05) is 35.2 Å². The Morgan fingerprint density at radius 3 is 2.50 bits per heavy atom. The van der Waals surface area contributed by atoms with E-state index in [-0.39, 0.29) is 12.5 Å². The van der Waals surface area contributed by atoms with Crippen LogP contribution in [-0.4, -0.2) is 48.6 Å². The molecule has 0 bridgehead atoms. The van der Waals surface area contributed by atoms with Crippen molar-refractivity contribution in [2.75, 3.05) is 37.7 Å². The first-order valence-electron chi connectivity index (χ1n) is 9.11. The van der Waals surface area contributed by atoms with E-state index >= 15 is 0 Å². The first-order valence-corrected chi connectivity index (χ1v) is 9.11. The molecule has 0 N–H and O–H groups in total. The van der Waals surface area contributed by atoms with Crippen LogP contribution in [0.2, 0.25) is 0 Å². The summed E-state index contributed by atoms with van der Waals surface area (Å²) in [5, 5.41) is 0. The Morgan fingerprint density at radius 1 is 1.04 bits per heavy atom. The molecule has 3 rings (SSSR count). The van der Waals surface area contributed by atoms with Gasteiger partial charge in [0.25, 0.3) is 0 Å². The molecule has 0 unspecified atom stereocenters. The number of aromatic nitrogens is 1. The standard InChI is InChI=1S/C20H22F3N3O2/c21-20(22,23)17-7-8-18(24-13-17)25-9-4-10-26(12-11-25)19(27)15-28-14-16-5-2-1-3-6-16/h1-3,5-8,13H,4,9-12,14-15H2. The Labute approximate surface area is 161 Å². The molecule has 0 radical (unpaired) electrons. The summed E-state index contributed by atoms with van der Waals surface area (Å²) in [6.45, 7) is 2.60. The molecule has 2 aromatic rings. The van der Waals surface area contributed by atoms with E-state index < -0.39 is 11.7 Å². The molecule has 1 aromatic carbocycles. The molecule has 150 valence electrons. The molecule has 1 saturated heterocycles. The first kappa shape index (κ1) is 20.1. The van der Waals surface area contributed by atoms with E-state index in [0.29, 0.717) is 45.0 Å². The maximum absolute atomic E-state index is 12.7. The molecular weight excluding hydrogens is 371 g/mol. The third-order valence-electron chi connectivity index (χ3n) is 4.58. The van der Waals surface area contributed by atoms with Crippen molar-refractivity contribution in [3.8, 4) is 0 Å². The lowest BCUT2D eigenvalue weighted by Crippen LogP contribution is -2.37. The minimum atomic E-state index is -4.40. The summed E-state index contributed by atoms with van der Waals surface area (Å²) in [5.41, 5.74) is 0.240. The fraction of sp³-hybridized carbons (Fsp3) is 0.400. The Bertz CT molecular complexity index is 767. The summed E-state index contributed by atoms with van der Waals surface area (Å²) >= 11 is 0. The SMILES string of the molecule is O=C(COCc1ccccc1)N1CCCN(c2ccc(C(F)(F)F)cn2)CC1. The predicted octanol–water partition coefficient (Wildman–Crippen LogP) is 3.36. The van der Waals surface area contributed by atoms with E-state index in [9.17, 15) is 18.0 Å². The van der Waals surface area contributed by atoms with Crippen LogP contribution >= 0.6 is 0 Å². The topological polar surface area (TPSA) is 45.7 Å². The van der Waals surface area contributed by atoms with E-state index in [4.69, 9.17) is 4.74 Å². The van der Waals surface area contributed by atoms with Crippen LogP contribution in [0.3, 0.4) is 0 Å². The van der Waals surface area contributed by atoms with Crippen molar-refractivity contribution in [1.82, 2.24) is 9.88 Å². The van der Waals surface area contributed by atoms with Gasteiger partial charge >= 0.3 is 6.18 Å². The molecule has 1 aliphatic heterocycles. The number of benzene rings is 1. The van der Waals surface area contributed by atoms with Gasteiger partial charge in [-0.05, 0) is 24.1 Å². The van der Waals surface area contributed by atoms with Gasteiger partial charge in [-0.2, -0.15) is 13.2 Å². The van der Waals surface area contributed by atoms with Gasteiger partial charge in [0.05, 0.1) is 12.2 Å². The van der Waals surface area contributed by atoms with Crippen LogP contribution in [0.25, 0.3) is 0 Å². The van der Waals surface area contributed by atoms with Crippen LogP contribution in [0.5, 0.6) is 0 Å². The molecular formula is C20H22F3N3O2. The molecule has 0 atom stereocenters. The fourth-order valence-corrected chi connectivity index (χ4v) is 3.06. The molecule has 0 aliphatic carbocycles. The molecule has 1 amide bonds. The predicted molar refractivity (Wildman–Crippen MR) is 98.7 cm³/mol. The van der Waals surface area contributed by atoms with Crippen LogP contribution in [0, 0.1) is 0 Å². The largest absolute Gasteiger partial charge is 0.417 e. The van der Waals surface area contributed by atoms with Gasteiger partial charge in [0, 0.05) is 32.4 Å². The maximum atomic E-state index is 12.7. The van der Waals surface area contributed by atoms with Crippen LogP contribution in [0.15, 0.2) is 48.7 Å². The smallest absolute Gasteiger partial charge is 0.367 e. The van der Waals surface area contributed by atoms with Gasteiger partial charge < -0.3 is 14.5 Å². The quantitative estimate of drug-likeness (QED) is 0.782. The number of hydrogen-bond acceptors (Lipinski definition) is 4. The first-order chi connectivity index (χ1) is 13.4. The van der Waals surface area contributed by atoms with Crippen LogP contribution in [0.4, 0.5) is 19.0 Å². The number of amides is 1. The van der Waals surface area contributed by atoms with Crippen molar-refractivity contribution in [2.24, 2.45) is 0 Å². The Kier molecular flexibility index (Phi) is 6.51. The lowest BCUT2D eigenvalue weighted by molar-refractivity contribution is -0.138. The van der Waals surface area contributed by atoms with Gasteiger partial charge in [0.1, 0.15) is 12.4 Å². The normalized spacial score (nSPS) is 15.4. The van der Waals surface area contributed by atoms with Gasteiger partial charge in [0.2, 0.25) is 5.91 Å². The molecule has 2 heterocycles. The highest BCUT2D eigenvalue weighted by molar-refractivity contribution is 5.77.